The Labute approximate surface area is 247 Å². The van der Waals surface area contributed by atoms with Gasteiger partial charge in [0.2, 0.25) is 0 Å². The molecule has 5 heterocycles. The van der Waals surface area contributed by atoms with Gasteiger partial charge in [0, 0.05) is 27.5 Å². The van der Waals surface area contributed by atoms with E-state index in [1.165, 1.54) is 43.6 Å². The largest absolute Gasteiger partial charge is 0.355 e. The lowest BCUT2D eigenvalue weighted by Gasteiger charge is -2.17. The van der Waals surface area contributed by atoms with Crippen LogP contribution in [0.1, 0.15) is 28.3 Å². The van der Waals surface area contributed by atoms with Crippen LogP contribution in [0, 0.1) is 6.92 Å². The van der Waals surface area contributed by atoms with Gasteiger partial charge in [-0.25, -0.2) is 9.97 Å². The summed E-state index contributed by atoms with van der Waals surface area (Å²) in [7, 11) is 0. The highest BCUT2D eigenvalue weighted by Gasteiger charge is 2.15. The lowest BCUT2D eigenvalue weighted by molar-refractivity contribution is 1.16. The van der Waals surface area contributed by atoms with E-state index in [9.17, 15) is 0 Å². The molecule has 3 aromatic heterocycles. The maximum absolute atomic E-state index is 4.94. The minimum atomic E-state index is 0.921. The number of benzene rings is 4. The van der Waals surface area contributed by atoms with Crippen molar-refractivity contribution in [2.24, 2.45) is 0 Å². The first-order valence-electron chi connectivity index (χ1n) is 14.6. The molecule has 4 heteroatoms. The third-order valence-corrected chi connectivity index (χ3v) is 8.50. The molecule has 8 bridgehead atoms. The van der Waals surface area contributed by atoms with E-state index in [-0.39, 0.29) is 0 Å². The van der Waals surface area contributed by atoms with Gasteiger partial charge in [0.05, 0.1) is 28.5 Å². The van der Waals surface area contributed by atoms with Gasteiger partial charge in [0.25, 0.3) is 0 Å². The van der Waals surface area contributed by atoms with Crippen molar-refractivity contribution in [2.45, 2.75) is 6.92 Å². The van der Waals surface area contributed by atoms with Gasteiger partial charge in [-0.05, 0) is 124 Å². The molecule has 0 saturated carbocycles. The van der Waals surface area contributed by atoms with Crippen LogP contribution in [-0.2, 0) is 0 Å². The summed E-state index contributed by atoms with van der Waals surface area (Å²) in [5.41, 5.74) is 10.2. The Bertz CT molecular complexity index is 2430. The lowest BCUT2D eigenvalue weighted by Crippen LogP contribution is -1.99. The zero-order chi connectivity index (χ0) is 28.5. The van der Waals surface area contributed by atoms with Gasteiger partial charge in [0.1, 0.15) is 0 Å². The Morgan fingerprint density at radius 3 is 1.72 bits per heavy atom. The van der Waals surface area contributed by atoms with E-state index in [2.05, 4.69) is 150 Å². The molecule has 0 amide bonds. The van der Waals surface area contributed by atoms with E-state index < -0.39 is 0 Å². The van der Waals surface area contributed by atoms with Crippen LogP contribution in [-0.4, -0.2) is 19.5 Å². The molecule has 0 unspecified atom stereocenters. The van der Waals surface area contributed by atoms with Crippen molar-refractivity contribution >= 4 is 78.7 Å². The van der Waals surface area contributed by atoms with Gasteiger partial charge in [-0.1, -0.05) is 48.5 Å². The second-order valence-corrected chi connectivity index (χ2v) is 11.4. The number of hydrogen-bond donors (Lipinski definition) is 1. The summed E-state index contributed by atoms with van der Waals surface area (Å²) in [5, 5.41) is 7.43. The van der Waals surface area contributed by atoms with E-state index in [4.69, 9.17) is 9.97 Å². The Morgan fingerprint density at radius 1 is 0.512 bits per heavy atom. The number of rotatable bonds is 1. The summed E-state index contributed by atoms with van der Waals surface area (Å²) in [4.78, 5) is 13.3. The first-order valence-corrected chi connectivity index (χ1v) is 14.6. The van der Waals surface area contributed by atoms with Crippen LogP contribution in [0.15, 0.2) is 109 Å². The standard InChI is InChI=1S/C39H26N4/c1-24-6-7-25-8-9-28-18-26-4-2-3-5-27(26)19-37(28)38(25)39(24)43-35-16-17-36(43)23-34-15-13-32(42-34)21-30-11-10-29(40-30)20-31-12-14-33(22-35)41-31/h2-23,40H,1H3. The van der Waals surface area contributed by atoms with Crippen molar-refractivity contribution < 1.29 is 0 Å². The average Bonchev–Trinajstić information content (AvgIpc) is 3.82. The van der Waals surface area contributed by atoms with Crippen molar-refractivity contribution in [3.05, 3.63) is 138 Å². The molecule has 0 radical (unpaired) electrons. The molecule has 202 valence electrons. The number of aromatic amines is 1. The maximum atomic E-state index is 4.94. The quantitative estimate of drug-likeness (QED) is 0.163. The normalized spacial score (nSPS) is 12.6. The SMILES string of the molecule is Cc1ccc2ccc3cc4ccccc4cc3c2c1-n1c2ccc1cc1nc(cc3ccc(cc4nc(c2)C=C4)[nH]3)C=C1. The van der Waals surface area contributed by atoms with Crippen LogP contribution in [0.3, 0.4) is 0 Å². The molecule has 1 N–H and O–H groups in total. The van der Waals surface area contributed by atoms with Crippen LogP contribution in [0.2, 0.25) is 0 Å². The molecule has 4 aromatic carbocycles. The van der Waals surface area contributed by atoms with Gasteiger partial charge >= 0.3 is 0 Å². The summed E-state index contributed by atoms with van der Waals surface area (Å²) in [6, 6.07) is 39.3. The Morgan fingerprint density at radius 2 is 1.07 bits per heavy atom. The highest BCUT2D eigenvalue weighted by atomic mass is 15.0. The smallest absolute Gasteiger partial charge is 0.0658 e. The van der Waals surface area contributed by atoms with Crippen LogP contribution < -0.4 is 0 Å². The molecule has 2 aliphatic heterocycles. The van der Waals surface area contributed by atoms with Crippen LogP contribution in [0.25, 0.3) is 84.4 Å². The molecule has 7 aromatic rings. The predicted molar refractivity (Wildman–Crippen MR) is 181 cm³/mol. The first-order chi connectivity index (χ1) is 21.1. The molecular weight excluding hydrogens is 524 g/mol. The number of hydrogen-bond acceptors (Lipinski definition) is 2. The van der Waals surface area contributed by atoms with E-state index in [1.54, 1.807) is 0 Å². The highest BCUT2D eigenvalue weighted by Crippen LogP contribution is 2.37. The van der Waals surface area contributed by atoms with E-state index in [1.807, 2.05) is 0 Å². The minimum absolute atomic E-state index is 0.921. The monoisotopic (exact) mass is 550 g/mol. The van der Waals surface area contributed by atoms with Gasteiger partial charge in [0.15, 0.2) is 0 Å². The Hall–Kier alpha value is -5.74. The summed E-state index contributed by atoms with van der Waals surface area (Å²) in [5.74, 6) is 0. The highest BCUT2D eigenvalue weighted by molar-refractivity contribution is 6.16. The van der Waals surface area contributed by atoms with Crippen molar-refractivity contribution in [2.75, 3.05) is 0 Å². The predicted octanol–water partition coefficient (Wildman–Crippen LogP) is 9.89. The molecular formula is C39H26N4. The maximum Gasteiger partial charge on any atom is 0.0658 e. The summed E-state index contributed by atoms with van der Waals surface area (Å²) in [6.07, 6.45) is 8.31. The van der Waals surface area contributed by atoms with E-state index in [0.29, 0.717) is 0 Å². The fourth-order valence-corrected chi connectivity index (χ4v) is 6.50. The lowest BCUT2D eigenvalue weighted by atomic mass is 9.95. The first kappa shape index (κ1) is 23.9. The second-order valence-electron chi connectivity index (χ2n) is 11.4. The zero-order valence-electron chi connectivity index (χ0n) is 23.5. The minimum Gasteiger partial charge on any atom is -0.355 e. The topological polar surface area (TPSA) is 46.5 Å². The summed E-state index contributed by atoms with van der Waals surface area (Å²) < 4.78 is 2.38. The number of nitrogens with one attached hydrogen (secondary N) is 1. The van der Waals surface area contributed by atoms with E-state index >= 15 is 0 Å². The molecule has 0 spiro atoms. The molecule has 0 saturated heterocycles. The number of aromatic nitrogens is 4. The summed E-state index contributed by atoms with van der Waals surface area (Å²) in [6.45, 7) is 2.21. The molecule has 0 atom stereocenters. The van der Waals surface area contributed by atoms with Crippen molar-refractivity contribution in [3.8, 4) is 5.69 Å². The fraction of sp³-hybridized carbons (Fsp3) is 0.0256. The van der Waals surface area contributed by atoms with Gasteiger partial charge in [-0.15, -0.1) is 0 Å². The third kappa shape index (κ3) is 3.99. The van der Waals surface area contributed by atoms with Gasteiger partial charge < -0.3 is 9.55 Å². The van der Waals surface area contributed by atoms with Gasteiger partial charge in [-0.2, -0.15) is 0 Å². The zero-order valence-corrected chi connectivity index (χ0v) is 23.5. The molecule has 9 rings (SSSR count). The van der Waals surface area contributed by atoms with E-state index in [0.717, 1.165) is 44.8 Å². The number of H-pyrrole nitrogens is 1. The van der Waals surface area contributed by atoms with Crippen LogP contribution >= 0.6 is 0 Å². The van der Waals surface area contributed by atoms with Gasteiger partial charge in [-0.3, -0.25) is 0 Å². The molecule has 0 aliphatic carbocycles. The van der Waals surface area contributed by atoms with Crippen LogP contribution in [0.4, 0.5) is 0 Å². The number of aryl methyl sites for hydroxylation is 1. The average molecular weight is 551 g/mol. The van der Waals surface area contributed by atoms with Crippen molar-refractivity contribution in [1.29, 1.82) is 0 Å². The van der Waals surface area contributed by atoms with Crippen molar-refractivity contribution in [3.63, 3.8) is 0 Å². The second kappa shape index (κ2) is 9.13. The Kier molecular flexibility index (Phi) is 5.08. The third-order valence-electron chi connectivity index (χ3n) is 8.50. The fourth-order valence-electron chi connectivity index (χ4n) is 6.50. The number of fused-ring (bicyclic) bond motifs is 12. The Balaban J connectivity index is 1.44. The summed E-state index contributed by atoms with van der Waals surface area (Å²) >= 11 is 0. The van der Waals surface area contributed by atoms with Crippen LogP contribution in [0.5, 0.6) is 0 Å². The molecule has 43 heavy (non-hydrogen) atoms. The van der Waals surface area contributed by atoms with Crippen molar-refractivity contribution in [1.82, 2.24) is 19.5 Å². The molecule has 4 nitrogen and oxygen atoms in total. The molecule has 2 aliphatic rings. The number of nitrogens with zero attached hydrogens (tertiary/aromatic N) is 3. The molecule has 0 fully saturated rings.